The number of hydrogen-bond acceptors (Lipinski definition) is 10. The van der Waals surface area contributed by atoms with E-state index in [0.717, 1.165) is 9.80 Å². The molecule has 11 heteroatoms. The summed E-state index contributed by atoms with van der Waals surface area (Å²) < 4.78 is 0. The van der Waals surface area contributed by atoms with Gasteiger partial charge in [0.15, 0.2) is 0 Å². The summed E-state index contributed by atoms with van der Waals surface area (Å²) in [5.41, 5.74) is 0. The molecule has 0 aromatic heterocycles. The Morgan fingerprint density at radius 3 is 0.905 bits per heavy atom. The van der Waals surface area contributed by atoms with E-state index in [2.05, 4.69) is 0 Å². The summed E-state index contributed by atoms with van der Waals surface area (Å²) in [5.74, 6) is -6.12. The molecule has 0 amide bonds. The number of aliphatic carboxylic acids is 4. The Morgan fingerprint density at radius 2 is 0.762 bits per heavy atom. The molecule has 0 fully saturated rings. The first-order valence-corrected chi connectivity index (χ1v) is 5.44. The normalized spacial score (nSPS) is 10.2. The minimum Gasteiger partial charge on any atom is -0.549 e. The Bertz CT molecular complexity index is 321. The predicted octanol–water partition coefficient (Wildman–Crippen LogP) is -7.41. The maximum absolute atomic E-state index is 10.4. The molecule has 0 aromatic rings. The van der Waals surface area contributed by atoms with Gasteiger partial charge in [-0.1, -0.05) is 0 Å². The molecule has 1 radical (unpaired) electrons. The smallest absolute Gasteiger partial charge is 0.549 e. The Kier molecular flexibility index (Phi) is 11.4. The molecule has 0 spiro atoms. The van der Waals surface area contributed by atoms with Crippen molar-refractivity contribution in [3.63, 3.8) is 0 Å². The van der Waals surface area contributed by atoms with Crippen LogP contribution in [0.15, 0.2) is 0 Å². The van der Waals surface area contributed by atoms with Gasteiger partial charge in [-0.15, -0.1) is 0 Å². The van der Waals surface area contributed by atoms with E-state index in [1.807, 2.05) is 0 Å². The average Bonchev–Trinajstić information content (AvgIpc) is 2.22. The van der Waals surface area contributed by atoms with Gasteiger partial charge in [-0.05, 0) is 0 Å². The van der Waals surface area contributed by atoms with Crippen molar-refractivity contribution in [2.24, 2.45) is 0 Å². The van der Waals surface area contributed by atoms with Gasteiger partial charge in [-0.2, -0.15) is 0 Å². The quantitative estimate of drug-likeness (QED) is 0.326. The maximum atomic E-state index is 10.4. The van der Waals surface area contributed by atoms with Crippen LogP contribution in [0.2, 0.25) is 0 Å². The van der Waals surface area contributed by atoms with Gasteiger partial charge in [-0.25, -0.2) is 0 Å². The van der Waals surface area contributed by atoms with Crippen LogP contribution < -0.4 is 20.4 Å². The Labute approximate surface area is 130 Å². The van der Waals surface area contributed by atoms with E-state index in [9.17, 15) is 39.6 Å². The molecule has 0 aliphatic rings. The van der Waals surface area contributed by atoms with E-state index >= 15 is 0 Å². The Morgan fingerprint density at radius 1 is 0.571 bits per heavy atom. The van der Waals surface area contributed by atoms with Crippen LogP contribution in [0, 0.1) is 0 Å². The number of carboxylic acids is 4. The minimum atomic E-state index is -1.53. The van der Waals surface area contributed by atoms with Gasteiger partial charge >= 0.3 is 17.1 Å². The van der Waals surface area contributed by atoms with Crippen molar-refractivity contribution >= 4 is 23.9 Å². The van der Waals surface area contributed by atoms with E-state index in [1.54, 1.807) is 0 Å². The second-order valence-electron chi connectivity index (χ2n) is 3.91. The van der Waals surface area contributed by atoms with Crippen molar-refractivity contribution in [1.82, 2.24) is 9.80 Å². The van der Waals surface area contributed by atoms with E-state index in [4.69, 9.17) is 0 Å². The average molecular weight is 352 g/mol. The first-order chi connectivity index (χ1) is 9.20. The zero-order valence-corrected chi connectivity index (χ0v) is 11.6. The number of rotatable bonds is 11. The third-order valence-corrected chi connectivity index (χ3v) is 2.14. The molecule has 0 aromatic carbocycles. The molecule has 21 heavy (non-hydrogen) atoms. The summed E-state index contributed by atoms with van der Waals surface area (Å²) in [7, 11) is 0. The van der Waals surface area contributed by atoms with Crippen LogP contribution in [0.4, 0.5) is 0 Å². The molecule has 0 saturated carbocycles. The van der Waals surface area contributed by atoms with E-state index < -0.39 is 50.1 Å². The van der Waals surface area contributed by atoms with Crippen LogP contribution >= 0.6 is 0 Å². The molecule has 0 aliphatic heterocycles. The Hall–Kier alpha value is -1.68. The van der Waals surface area contributed by atoms with Crippen molar-refractivity contribution in [3.8, 4) is 0 Å². The monoisotopic (exact) mass is 351 g/mol. The van der Waals surface area contributed by atoms with Gasteiger partial charge in [0, 0.05) is 39.3 Å². The van der Waals surface area contributed by atoms with Crippen LogP contribution in [0.25, 0.3) is 0 Å². The molecule has 0 bridgehead atoms. The van der Waals surface area contributed by atoms with E-state index in [-0.39, 0.29) is 30.2 Å². The summed E-state index contributed by atoms with van der Waals surface area (Å²) in [5, 5.41) is 41.6. The fourth-order valence-corrected chi connectivity index (χ4v) is 1.44. The number of carboxylic acid groups (broad SMARTS) is 4. The van der Waals surface area contributed by atoms with Crippen LogP contribution in [0.5, 0.6) is 0 Å². The van der Waals surface area contributed by atoms with Crippen LogP contribution in [0.1, 0.15) is 0 Å². The molecule has 0 unspecified atom stereocenters. The molecule has 10 nitrogen and oxygen atoms in total. The van der Waals surface area contributed by atoms with Gasteiger partial charge in [0.25, 0.3) is 0 Å². The summed E-state index contributed by atoms with van der Waals surface area (Å²) in [6.45, 7) is -3.25. The fraction of sp³-hybridized carbons (Fsp3) is 0.600. The second-order valence-corrected chi connectivity index (χ2v) is 3.91. The largest absolute Gasteiger partial charge is 4.00 e. The summed E-state index contributed by atoms with van der Waals surface area (Å²) in [6, 6.07) is 0. The first kappa shape index (κ1) is 21.6. The molecule has 0 aliphatic carbocycles. The SMILES string of the molecule is O=C([O-])CN(CCN(CC(=O)[O-])CC(=O)[O-])CC(=O)[O-].[Cu+4]. The Balaban J connectivity index is 0. The zero-order chi connectivity index (χ0) is 15.7. The summed E-state index contributed by atoms with van der Waals surface area (Å²) >= 11 is 0. The van der Waals surface area contributed by atoms with E-state index in [1.165, 1.54) is 0 Å². The summed E-state index contributed by atoms with van der Waals surface area (Å²) in [4.78, 5) is 43.4. The standard InChI is InChI=1S/C10H16N2O8.Cu/c13-7(14)3-11(4-8(15)16)1-2-12(5-9(17)18)6-10(19)20;/h1-6H2,(H,13,14)(H,15,16)(H,17,18)(H,19,20);/q;+4/p-4. The van der Waals surface area contributed by atoms with Crippen LogP contribution in [-0.4, -0.2) is 72.9 Å². The second kappa shape index (κ2) is 11.0. The molecule has 0 saturated heterocycles. The molecule has 0 N–H and O–H groups in total. The van der Waals surface area contributed by atoms with Gasteiger partial charge in [0.05, 0.1) is 23.9 Å². The molecule has 0 atom stereocenters. The molecule has 121 valence electrons. The van der Waals surface area contributed by atoms with Gasteiger partial charge < -0.3 is 39.6 Å². The van der Waals surface area contributed by atoms with E-state index in [0.29, 0.717) is 0 Å². The number of carbonyl (C=O) groups excluding carboxylic acids is 4. The number of hydrogen-bond donors (Lipinski definition) is 0. The molecular weight excluding hydrogens is 340 g/mol. The number of nitrogens with zero attached hydrogens (tertiary/aromatic N) is 2. The van der Waals surface area contributed by atoms with Gasteiger partial charge in [-0.3, -0.25) is 9.80 Å². The fourth-order valence-electron chi connectivity index (χ4n) is 1.44. The van der Waals surface area contributed by atoms with Crippen molar-refractivity contribution in [3.05, 3.63) is 0 Å². The molecule has 0 heterocycles. The summed E-state index contributed by atoms with van der Waals surface area (Å²) in [6.07, 6.45) is 0. The van der Waals surface area contributed by atoms with Gasteiger partial charge in [0.2, 0.25) is 0 Å². The van der Waals surface area contributed by atoms with Gasteiger partial charge in [0.1, 0.15) is 0 Å². The third kappa shape index (κ3) is 13.1. The van der Waals surface area contributed by atoms with Crippen molar-refractivity contribution in [2.75, 3.05) is 39.3 Å². The number of carbonyl (C=O) groups is 4. The van der Waals surface area contributed by atoms with Crippen molar-refractivity contribution < 1.29 is 56.7 Å². The first-order valence-electron chi connectivity index (χ1n) is 5.44. The van der Waals surface area contributed by atoms with Crippen molar-refractivity contribution in [2.45, 2.75) is 0 Å². The maximum Gasteiger partial charge on any atom is 4.00 e. The molecular formula is C10H12CuN2O8. The zero-order valence-electron chi connectivity index (χ0n) is 10.7. The third-order valence-electron chi connectivity index (χ3n) is 2.14. The van der Waals surface area contributed by atoms with Crippen LogP contribution in [0.3, 0.4) is 0 Å². The van der Waals surface area contributed by atoms with Crippen molar-refractivity contribution in [1.29, 1.82) is 0 Å². The van der Waals surface area contributed by atoms with Crippen LogP contribution in [-0.2, 0) is 36.2 Å². The minimum absolute atomic E-state index is 0. The molecule has 0 rings (SSSR count). The topological polar surface area (TPSA) is 167 Å². The predicted molar refractivity (Wildman–Crippen MR) is 52.9 cm³/mol.